The lowest BCUT2D eigenvalue weighted by molar-refractivity contribution is -0.141. The Kier molecular flexibility index (Phi) is 3.88. The van der Waals surface area contributed by atoms with Crippen LogP contribution in [0.15, 0.2) is 42.6 Å². The van der Waals surface area contributed by atoms with Crippen molar-refractivity contribution in [3.8, 4) is 11.1 Å². The molecule has 0 fully saturated rings. The molecule has 1 aromatic carbocycles. The van der Waals surface area contributed by atoms with Crippen LogP contribution < -0.4 is 9.86 Å². The first-order chi connectivity index (χ1) is 9.65. The second-order valence-electron chi connectivity index (χ2n) is 4.15. The van der Waals surface area contributed by atoms with Gasteiger partial charge in [0.25, 0.3) is 10.2 Å². The van der Waals surface area contributed by atoms with E-state index in [-0.39, 0.29) is 5.69 Å². The van der Waals surface area contributed by atoms with Crippen LogP contribution in [0.1, 0.15) is 5.69 Å². The molecule has 21 heavy (non-hydrogen) atoms. The van der Waals surface area contributed by atoms with Crippen molar-refractivity contribution in [1.29, 1.82) is 0 Å². The van der Waals surface area contributed by atoms with Crippen LogP contribution in [-0.4, -0.2) is 13.4 Å². The number of hydrogen-bond acceptors (Lipinski definition) is 3. The van der Waals surface area contributed by atoms with Crippen molar-refractivity contribution in [1.82, 2.24) is 4.98 Å². The summed E-state index contributed by atoms with van der Waals surface area (Å²) in [5, 5.41) is 4.82. The number of halogens is 3. The van der Waals surface area contributed by atoms with Gasteiger partial charge in [0.1, 0.15) is 5.69 Å². The first-order valence-corrected chi connectivity index (χ1v) is 7.14. The summed E-state index contributed by atoms with van der Waals surface area (Å²) in [6.07, 6.45) is -3.38. The number of rotatable bonds is 3. The molecule has 1 heterocycles. The minimum Gasteiger partial charge on any atom is -0.271 e. The average molecular weight is 317 g/mol. The number of nitrogens with two attached hydrogens (primary N) is 1. The highest BCUT2D eigenvalue weighted by Gasteiger charge is 2.32. The molecule has 0 spiro atoms. The number of benzene rings is 1. The fourth-order valence-electron chi connectivity index (χ4n) is 1.63. The summed E-state index contributed by atoms with van der Waals surface area (Å²) >= 11 is 0. The molecular weight excluding hydrogens is 307 g/mol. The van der Waals surface area contributed by atoms with Crippen LogP contribution in [0.25, 0.3) is 11.1 Å². The Balaban J connectivity index is 2.23. The van der Waals surface area contributed by atoms with Gasteiger partial charge < -0.3 is 0 Å². The topological polar surface area (TPSA) is 85.1 Å². The smallest absolute Gasteiger partial charge is 0.271 e. The van der Waals surface area contributed by atoms with Gasteiger partial charge in [-0.3, -0.25) is 9.71 Å². The van der Waals surface area contributed by atoms with Crippen molar-refractivity contribution < 1.29 is 21.6 Å². The molecule has 0 unspecified atom stereocenters. The zero-order valence-corrected chi connectivity index (χ0v) is 11.2. The van der Waals surface area contributed by atoms with E-state index in [4.69, 9.17) is 5.14 Å². The van der Waals surface area contributed by atoms with Gasteiger partial charge in [0, 0.05) is 17.4 Å². The Labute approximate surface area is 118 Å². The van der Waals surface area contributed by atoms with Crippen molar-refractivity contribution in [2.45, 2.75) is 6.18 Å². The van der Waals surface area contributed by atoms with Gasteiger partial charge in [-0.15, -0.1) is 0 Å². The lowest BCUT2D eigenvalue weighted by Gasteiger charge is -2.08. The Bertz CT molecular complexity index is 726. The molecule has 0 bridgehead atoms. The highest BCUT2D eigenvalue weighted by Crippen LogP contribution is 2.29. The molecule has 2 rings (SSSR count). The van der Waals surface area contributed by atoms with Crippen LogP contribution in [0.2, 0.25) is 0 Å². The van der Waals surface area contributed by atoms with E-state index < -0.39 is 22.1 Å². The van der Waals surface area contributed by atoms with Crippen LogP contribution in [0.4, 0.5) is 18.9 Å². The van der Waals surface area contributed by atoms with Gasteiger partial charge in [0.15, 0.2) is 0 Å². The first kappa shape index (κ1) is 15.3. The zero-order chi connectivity index (χ0) is 15.7. The molecule has 0 amide bonds. The largest absolute Gasteiger partial charge is 0.433 e. The summed E-state index contributed by atoms with van der Waals surface area (Å²) in [6, 6.07) is 8.13. The van der Waals surface area contributed by atoms with Crippen LogP contribution in [-0.2, 0) is 16.4 Å². The van der Waals surface area contributed by atoms with Crippen LogP contribution in [0.3, 0.4) is 0 Å². The number of anilines is 1. The molecule has 0 radical (unpaired) electrons. The van der Waals surface area contributed by atoms with Crippen molar-refractivity contribution in [2.24, 2.45) is 5.14 Å². The van der Waals surface area contributed by atoms with Crippen LogP contribution >= 0.6 is 0 Å². The van der Waals surface area contributed by atoms with Gasteiger partial charge in [0.05, 0.1) is 0 Å². The van der Waals surface area contributed by atoms with E-state index in [0.29, 0.717) is 11.1 Å². The number of aromatic nitrogens is 1. The summed E-state index contributed by atoms with van der Waals surface area (Å²) in [6.45, 7) is 0. The third-order valence-corrected chi connectivity index (χ3v) is 3.05. The minimum atomic E-state index is -4.48. The molecule has 0 aliphatic heterocycles. The molecule has 2 aromatic rings. The maximum atomic E-state index is 12.4. The Hall–Kier alpha value is -2.13. The fraction of sp³-hybridized carbons (Fsp3) is 0.0833. The highest BCUT2D eigenvalue weighted by atomic mass is 32.2. The first-order valence-electron chi connectivity index (χ1n) is 5.59. The van der Waals surface area contributed by atoms with Gasteiger partial charge >= 0.3 is 6.18 Å². The monoisotopic (exact) mass is 317 g/mol. The Morgan fingerprint density at radius 1 is 1.00 bits per heavy atom. The molecule has 0 aliphatic rings. The van der Waals surface area contributed by atoms with Gasteiger partial charge in [-0.1, -0.05) is 18.2 Å². The van der Waals surface area contributed by atoms with E-state index in [1.807, 2.05) is 0 Å². The molecule has 3 N–H and O–H groups in total. The molecule has 5 nitrogen and oxygen atoms in total. The predicted molar refractivity (Wildman–Crippen MR) is 71.4 cm³/mol. The third-order valence-electron chi connectivity index (χ3n) is 2.53. The molecule has 9 heteroatoms. The summed E-state index contributed by atoms with van der Waals surface area (Å²) in [7, 11) is -3.86. The summed E-state index contributed by atoms with van der Waals surface area (Å²) in [4.78, 5) is 3.35. The summed E-state index contributed by atoms with van der Waals surface area (Å²) < 4.78 is 60.9. The Morgan fingerprint density at radius 3 is 2.00 bits per heavy atom. The zero-order valence-electron chi connectivity index (χ0n) is 10.4. The molecule has 112 valence electrons. The van der Waals surface area contributed by atoms with E-state index in [0.717, 1.165) is 12.3 Å². The second kappa shape index (κ2) is 5.34. The van der Waals surface area contributed by atoms with Crippen LogP contribution in [0.5, 0.6) is 0 Å². The molecule has 0 atom stereocenters. The van der Waals surface area contributed by atoms with Gasteiger partial charge in [-0.05, 0) is 23.8 Å². The molecule has 1 aromatic heterocycles. The lowest BCUT2D eigenvalue weighted by Crippen LogP contribution is -2.21. The van der Waals surface area contributed by atoms with Gasteiger partial charge in [-0.2, -0.15) is 21.6 Å². The van der Waals surface area contributed by atoms with Gasteiger partial charge in [0.2, 0.25) is 0 Å². The second-order valence-corrected chi connectivity index (χ2v) is 5.45. The fourth-order valence-corrected chi connectivity index (χ4v) is 2.09. The maximum absolute atomic E-state index is 12.4. The Morgan fingerprint density at radius 2 is 1.57 bits per heavy atom. The van der Waals surface area contributed by atoms with E-state index in [1.54, 1.807) is 0 Å². The lowest BCUT2D eigenvalue weighted by atomic mass is 10.1. The van der Waals surface area contributed by atoms with Crippen molar-refractivity contribution in [3.63, 3.8) is 0 Å². The number of nitrogens with one attached hydrogen (secondary N) is 1. The molecule has 0 saturated carbocycles. The molecule has 0 aliphatic carbocycles. The average Bonchev–Trinajstić information content (AvgIpc) is 2.37. The molecule has 0 saturated heterocycles. The maximum Gasteiger partial charge on any atom is 0.433 e. The van der Waals surface area contributed by atoms with E-state index in [9.17, 15) is 21.6 Å². The molecular formula is C12H10F3N3O2S. The van der Waals surface area contributed by atoms with Gasteiger partial charge in [-0.25, -0.2) is 5.14 Å². The minimum absolute atomic E-state index is 0.251. The number of hydrogen-bond donors (Lipinski definition) is 2. The quantitative estimate of drug-likeness (QED) is 0.911. The SMILES string of the molecule is NS(=O)(=O)Nc1ccc(-c2ccc(C(F)(F)F)nc2)cc1. The predicted octanol–water partition coefficient (Wildman–Crippen LogP) is 2.38. The standard InChI is InChI=1S/C12H10F3N3O2S/c13-12(14,15)11-6-3-9(7-17-11)8-1-4-10(5-2-8)18-21(16,19)20/h1-7,18H,(H2,16,19,20). The van der Waals surface area contributed by atoms with Crippen LogP contribution in [0, 0.1) is 0 Å². The summed E-state index contributed by atoms with van der Waals surface area (Å²) in [5.41, 5.74) is 0.348. The number of alkyl halides is 3. The highest BCUT2D eigenvalue weighted by molar-refractivity contribution is 7.90. The van der Waals surface area contributed by atoms with Crippen molar-refractivity contribution in [3.05, 3.63) is 48.3 Å². The van der Waals surface area contributed by atoms with E-state index in [2.05, 4.69) is 9.71 Å². The van der Waals surface area contributed by atoms with E-state index in [1.165, 1.54) is 30.3 Å². The van der Waals surface area contributed by atoms with E-state index >= 15 is 0 Å². The number of pyridine rings is 1. The third kappa shape index (κ3) is 4.17. The normalized spacial score (nSPS) is 12.2. The number of nitrogens with zero attached hydrogens (tertiary/aromatic N) is 1. The summed E-state index contributed by atoms with van der Waals surface area (Å²) in [5.74, 6) is 0. The van der Waals surface area contributed by atoms with Crippen molar-refractivity contribution in [2.75, 3.05) is 4.72 Å². The van der Waals surface area contributed by atoms with Crippen molar-refractivity contribution >= 4 is 15.9 Å².